The van der Waals surface area contributed by atoms with Gasteiger partial charge < -0.3 is 15.4 Å². The van der Waals surface area contributed by atoms with Crippen LogP contribution in [0.1, 0.15) is 37.3 Å². The van der Waals surface area contributed by atoms with Gasteiger partial charge in [0.15, 0.2) is 5.96 Å². The van der Waals surface area contributed by atoms with Gasteiger partial charge in [-0.2, -0.15) is 5.10 Å². The van der Waals surface area contributed by atoms with Crippen molar-refractivity contribution in [2.45, 2.75) is 39.3 Å². The van der Waals surface area contributed by atoms with Crippen LogP contribution < -0.4 is 10.6 Å². The fourth-order valence-corrected chi connectivity index (χ4v) is 3.38. The molecule has 0 saturated heterocycles. The first-order valence-corrected chi connectivity index (χ1v) is 11.3. The lowest BCUT2D eigenvalue weighted by molar-refractivity contribution is 0.129. The molecule has 0 aliphatic rings. The maximum absolute atomic E-state index is 5.61. The summed E-state index contributed by atoms with van der Waals surface area (Å²) in [5.41, 5.74) is 4.82. The first kappa shape index (κ1) is 23.5. The Morgan fingerprint density at radius 3 is 2.59 bits per heavy atom. The van der Waals surface area contributed by atoms with E-state index in [0.29, 0.717) is 6.54 Å². The molecule has 2 N–H and O–H groups in total. The zero-order valence-corrected chi connectivity index (χ0v) is 19.1. The van der Waals surface area contributed by atoms with Crippen LogP contribution in [0.25, 0.3) is 11.1 Å². The van der Waals surface area contributed by atoms with E-state index in [9.17, 15) is 0 Å². The normalized spacial score (nSPS) is 11.5. The van der Waals surface area contributed by atoms with Crippen molar-refractivity contribution in [3.63, 3.8) is 0 Å². The number of benzene rings is 2. The lowest BCUT2D eigenvalue weighted by atomic mass is 9.98. The molecule has 2 aromatic carbocycles. The van der Waals surface area contributed by atoms with Crippen LogP contribution in [0.3, 0.4) is 0 Å². The van der Waals surface area contributed by atoms with Crippen LogP contribution in [0.2, 0.25) is 0 Å². The predicted molar refractivity (Wildman–Crippen MR) is 130 cm³/mol. The third kappa shape index (κ3) is 7.50. The van der Waals surface area contributed by atoms with Gasteiger partial charge >= 0.3 is 0 Å². The standard InChI is InChI=1S/C25H34N6O/c1-3-4-15-32-16-7-14-28-25(26-2)29-17-23-8-5-6-9-24(23)22-12-10-21(11-13-22)18-31-20-27-19-30-31/h5-6,8-13,19-20H,3-4,7,14-18H2,1-2H3,(H2,26,28,29). The van der Waals surface area contributed by atoms with Crippen LogP contribution in [0.15, 0.2) is 66.2 Å². The second-order valence-electron chi connectivity index (χ2n) is 7.62. The third-order valence-corrected chi connectivity index (χ3v) is 5.16. The van der Waals surface area contributed by atoms with Crippen LogP contribution >= 0.6 is 0 Å². The van der Waals surface area contributed by atoms with Crippen molar-refractivity contribution >= 4 is 5.96 Å². The molecule has 0 aliphatic carbocycles. The smallest absolute Gasteiger partial charge is 0.191 e. The summed E-state index contributed by atoms with van der Waals surface area (Å²) < 4.78 is 7.44. The molecule has 0 aliphatic heterocycles. The van der Waals surface area contributed by atoms with Crippen molar-refractivity contribution in [1.82, 2.24) is 25.4 Å². The number of unbranched alkanes of at least 4 members (excludes halogenated alkanes) is 1. The fourth-order valence-electron chi connectivity index (χ4n) is 3.38. The highest BCUT2D eigenvalue weighted by molar-refractivity contribution is 5.80. The summed E-state index contributed by atoms with van der Waals surface area (Å²) in [5.74, 6) is 0.802. The molecule has 3 aromatic rings. The van der Waals surface area contributed by atoms with Gasteiger partial charge in [0.1, 0.15) is 12.7 Å². The summed E-state index contributed by atoms with van der Waals surface area (Å²) in [5, 5.41) is 11.0. The summed E-state index contributed by atoms with van der Waals surface area (Å²) >= 11 is 0. The average Bonchev–Trinajstić information content (AvgIpc) is 3.34. The first-order chi connectivity index (χ1) is 15.8. The molecule has 3 rings (SSSR count). The van der Waals surface area contributed by atoms with Gasteiger partial charge in [0.05, 0.1) is 6.54 Å². The van der Waals surface area contributed by atoms with E-state index < -0.39 is 0 Å². The number of nitrogens with one attached hydrogen (secondary N) is 2. The van der Waals surface area contributed by atoms with E-state index in [1.807, 2.05) is 4.68 Å². The van der Waals surface area contributed by atoms with Gasteiger partial charge in [-0.1, -0.05) is 61.9 Å². The number of hydrogen-bond acceptors (Lipinski definition) is 4. The van der Waals surface area contributed by atoms with E-state index in [2.05, 4.69) is 81.2 Å². The first-order valence-electron chi connectivity index (χ1n) is 11.3. The highest BCUT2D eigenvalue weighted by atomic mass is 16.5. The van der Waals surface area contributed by atoms with Crippen molar-refractivity contribution in [3.05, 3.63) is 72.3 Å². The second kappa shape index (κ2) is 13.3. The predicted octanol–water partition coefficient (Wildman–Crippen LogP) is 3.87. The van der Waals surface area contributed by atoms with Gasteiger partial charge in [0.25, 0.3) is 0 Å². The topological polar surface area (TPSA) is 76.4 Å². The second-order valence-corrected chi connectivity index (χ2v) is 7.62. The summed E-state index contributed by atoms with van der Waals surface area (Å²) in [6.07, 6.45) is 6.54. The van der Waals surface area contributed by atoms with Gasteiger partial charge in [-0.3, -0.25) is 4.99 Å². The lowest BCUT2D eigenvalue weighted by Crippen LogP contribution is -2.37. The molecule has 0 amide bonds. The number of rotatable bonds is 12. The molecule has 1 heterocycles. The quantitative estimate of drug-likeness (QED) is 0.257. The lowest BCUT2D eigenvalue weighted by Gasteiger charge is -2.15. The molecule has 0 atom stereocenters. The number of hydrogen-bond donors (Lipinski definition) is 2. The molecule has 0 unspecified atom stereocenters. The molecule has 0 saturated carbocycles. The van der Waals surface area contributed by atoms with Crippen molar-refractivity contribution in [2.75, 3.05) is 26.8 Å². The number of nitrogens with zero attached hydrogens (tertiary/aromatic N) is 4. The Kier molecular flexibility index (Phi) is 9.73. The molecule has 0 spiro atoms. The molecular formula is C25H34N6O. The minimum absolute atomic E-state index is 0.698. The van der Waals surface area contributed by atoms with E-state index >= 15 is 0 Å². The maximum atomic E-state index is 5.61. The Hall–Kier alpha value is -3.19. The van der Waals surface area contributed by atoms with Crippen LogP contribution in [0, 0.1) is 0 Å². The average molecular weight is 435 g/mol. The van der Waals surface area contributed by atoms with Crippen LogP contribution in [-0.4, -0.2) is 47.5 Å². The Balaban J connectivity index is 1.52. The third-order valence-electron chi connectivity index (χ3n) is 5.16. The van der Waals surface area contributed by atoms with E-state index in [4.69, 9.17) is 4.74 Å². The molecule has 0 radical (unpaired) electrons. The van der Waals surface area contributed by atoms with Gasteiger partial charge in [-0.15, -0.1) is 0 Å². The molecule has 0 fully saturated rings. The molecule has 7 nitrogen and oxygen atoms in total. The highest BCUT2D eigenvalue weighted by Gasteiger charge is 2.06. The minimum Gasteiger partial charge on any atom is -0.381 e. The van der Waals surface area contributed by atoms with Crippen LogP contribution in [0.5, 0.6) is 0 Å². The van der Waals surface area contributed by atoms with Crippen LogP contribution in [0.4, 0.5) is 0 Å². The SMILES string of the molecule is CCCCOCCCNC(=NC)NCc1ccccc1-c1ccc(Cn2cncn2)cc1. The minimum atomic E-state index is 0.698. The number of ether oxygens (including phenoxy) is 1. The molecule has 32 heavy (non-hydrogen) atoms. The summed E-state index contributed by atoms with van der Waals surface area (Å²) in [6, 6.07) is 17.1. The van der Waals surface area contributed by atoms with Gasteiger partial charge in [0.2, 0.25) is 0 Å². The molecule has 7 heteroatoms. The van der Waals surface area contributed by atoms with Crippen LogP contribution in [-0.2, 0) is 17.8 Å². The van der Waals surface area contributed by atoms with Gasteiger partial charge in [0, 0.05) is 33.4 Å². The largest absolute Gasteiger partial charge is 0.381 e. The summed E-state index contributed by atoms with van der Waals surface area (Å²) in [4.78, 5) is 8.34. The Labute approximate surface area is 190 Å². The zero-order valence-electron chi connectivity index (χ0n) is 19.1. The summed E-state index contributed by atoms with van der Waals surface area (Å²) in [7, 11) is 1.80. The van der Waals surface area contributed by atoms with Crippen molar-refractivity contribution < 1.29 is 4.74 Å². The van der Waals surface area contributed by atoms with Crippen molar-refractivity contribution in [3.8, 4) is 11.1 Å². The summed E-state index contributed by atoms with van der Waals surface area (Å²) in [6.45, 7) is 6.05. The maximum Gasteiger partial charge on any atom is 0.191 e. The van der Waals surface area contributed by atoms with Gasteiger partial charge in [-0.25, -0.2) is 9.67 Å². The Morgan fingerprint density at radius 1 is 1.03 bits per heavy atom. The molecule has 0 bridgehead atoms. The number of guanidine groups is 1. The van der Waals surface area contributed by atoms with Crippen molar-refractivity contribution in [2.24, 2.45) is 4.99 Å². The highest BCUT2D eigenvalue weighted by Crippen LogP contribution is 2.24. The van der Waals surface area contributed by atoms with Gasteiger partial charge in [-0.05, 0) is 35.1 Å². The monoisotopic (exact) mass is 434 g/mol. The molecule has 170 valence electrons. The molecule has 1 aromatic heterocycles. The van der Waals surface area contributed by atoms with E-state index in [1.54, 1.807) is 19.7 Å². The van der Waals surface area contributed by atoms with E-state index in [0.717, 1.165) is 45.1 Å². The fraction of sp³-hybridized carbons (Fsp3) is 0.400. The number of aliphatic imine (C=N–C) groups is 1. The van der Waals surface area contributed by atoms with Crippen molar-refractivity contribution in [1.29, 1.82) is 0 Å². The Morgan fingerprint density at radius 2 is 1.84 bits per heavy atom. The van der Waals surface area contributed by atoms with E-state index in [-0.39, 0.29) is 0 Å². The Bertz CT molecular complexity index is 937. The zero-order chi connectivity index (χ0) is 22.4. The van der Waals surface area contributed by atoms with E-state index in [1.165, 1.54) is 28.7 Å². The number of aromatic nitrogens is 3. The molecular weight excluding hydrogens is 400 g/mol.